The molecule has 0 amide bonds. The monoisotopic (exact) mass is 257 g/mol. The fraction of sp³-hybridized carbons (Fsp3) is 0.294. The molecule has 1 N–H and O–H groups in total. The predicted octanol–water partition coefficient (Wildman–Crippen LogP) is 4.47. The molecule has 2 aromatic rings. The summed E-state index contributed by atoms with van der Waals surface area (Å²) in [6.07, 6.45) is 0. The maximum atomic E-state index is 13.5. The van der Waals surface area contributed by atoms with E-state index in [9.17, 15) is 4.39 Å². The average Bonchev–Trinajstić information content (AvgIpc) is 2.38. The number of aryl methyl sites for hydroxylation is 1. The van der Waals surface area contributed by atoms with Crippen molar-refractivity contribution in [2.24, 2.45) is 0 Å². The van der Waals surface area contributed by atoms with Crippen LogP contribution in [0.2, 0.25) is 0 Å². The summed E-state index contributed by atoms with van der Waals surface area (Å²) >= 11 is 0. The van der Waals surface area contributed by atoms with Crippen LogP contribution in [0.4, 0.5) is 4.39 Å². The van der Waals surface area contributed by atoms with Gasteiger partial charge in [-0.1, -0.05) is 31.2 Å². The molecule has 0 spiro atoms. The van der Waals surface area contributed by atoms with Crippen LogP contribution in [0.1, 0.15) is 31.0 Å². The Morgan fingerprint density at radius 3 is 2.58 bits per heavy atom. The predicted molar refractivity (Wildman–Crippen MR) is 78.7 cm³/mol. The molecule has 0 heterocycles. The van der Waals surface area contributed by atoms with Crippen LogP contribution in [0.5, 0.6) is 0 Å². The van der Waals surface area contributed by atoms with Gasteiger partial charge >= 0.3 is 0 Å². The first-order valence-electron chi connectivity index (χ1n) is 6.71. The molecular weight excluding hydrogens is 237 g/mol. The summed E-state index contributed by atoms with van der Waals surface area (Å²) in [7, 11) is 0. The van der Waals surface area contributed by atoms with E-state index >= 15 is 0 Å². The molecule has 0 radical (unpaired) electrons. The van der Waals surface area contributed by atoms with Crippen LogP contribution in [0.25, 0.3) is 11.1 Å². The largest absolute Gasteiger partial charge is 0.310 e. The standard InChI is InChI=1S/C17H20FN/c1-4-19-13(3)14-6-5-7-15(10-14)16-8-12(2)9-17(18)11-16/h5-11,13,19H,4H2,1-3H3. The first-order chi connectivity index (χ1) is 9.10. The Hall–Kier alpha value is -1.67. The maximum Gasteiger partial charge on any atom is 0.124 e. The number of nitrogens with one attached hydrogen (secondary N) is 1. The summed E-state index contributed by atoms with van der Waals surface area (Å²) in [6, 6.07) is 13.7. The fourth-order valence-electron chi connectivity index (χ4n) is 2.31. The van der Waals surface area contributed by atoms with E-state index in [0.717, 1.165) is 23.2 Å². The minimum Gasteiger partial charge on any atom is -0.310 e. The summed E-state index contributed by atoms with van der Waals surface area (Å²) in [6.45, 7) is 7.08. The number of rotatable bonds is 4. The Bertz CT molecular complexity index is 543. The summed E-state index contributed by atoms with van der Waals surface area (Å²) in [5, 5.41) is 3.39. The molecule has 0 fully saturated rings. The molecule has 0 aliphatic rings. The zero-order valence-corrected chi connectivity index (χ0v) is 11.7. The molecule has 0 saturated carbocycles. The molecule has 0 aromatic heterocycles. The molecular formula is C17H20FN. The molecule has 0 saturated heterocycles. The van der Waals surface area contributed by atoms with Gasteiger partial charge in [0, 0.05) is 6.04 Å². The molecule has 19 heavy (non-hydrogen) atoms. The van der Waals surface area contributed by atoms with Crippen molar-refractivity contribution >= 4 is 0 Å². The van der Waals surface area contributed by atoms with Gasteiger partial charge in [0.2, 0.25) is 0 Å². The number of benzene rings is 2. The van der Waals surface area contributed by atoms with Gasteiger partial charge in [-0.05, 0) is 60.8 Å². The summed E-state index contributed by atoms with van der Waals surface area (Å²) < 4.78 is 13.5. The van der Waals surface area contributed by atoms with E-state index in [4.69, 9.17) is 0 Å². The Morgan fingerprint density at radius 1 is 1.11 bits per heavy atom. The lowest BCUT2D eigenvalue weighted by Gasteiger charge is -2.14. The third-order valence-corrected chi connectivity index (χ3v) is 3.27. The highest BCUT2D eigenvalue weighted by Crippen LogP contribution is 2.25. The zero-order chi connectivity index (χ0) is 13.8. The van der Waals surface area contributed by atoms with E-state index in [2.05, 4.69) is 31.3 Å². The third-order valence-electron chi connectivity index (χ3n) is 3.27. The highest BCUT2D eigenvalue weighted by molar-refractivity contribution is 5.65. The summed E-state index contributed by atoms with van der Waals surface area (Å²) in [5.41, 5.74) is 4.16. The van der Waals surface area contributed by atoms with E-state index in [0.29, 0.717) is 6.04 Å². The topological polar surface area (TPSA) is 12.0 Å². The van der Waals surface area contributed by atoms with Gasteiger partial charge in [-0.15, -0.1) is 0 Å². The van der Waals surface area contributed by atoms with Crippen LogP contribution in [-0.2, 0) is 0 Å². The molecule has 0 aliphatic heterocycles. The second-order valence-corrected chi connectivity index (χ2v) is 4.92. The van der Waals surface area contributed by atoms with Crippen LogP contribution in [0, 0.1) is 12.7 Å². The van der Waals surface area contributed by atoms with E-state index in [-0.39, 0.29) is 5.82 Å². The lowest BCUT2D eigenvalue weighted by atomic mass is 9.99. The number of halogens is 1. The summed E-state index contributed by atoms with van der Waals surface area (Å²) in [4.78, 5) is 0. The van der Waals surface area contributed by atoms with Gasteiger partial charge in [0.15, 0.2) is 0 Å². The molecule has 2 aromatic carbocycles. The average molecular weight is 257 g/mol. The van der Waals surface area contributed by atoms with Gasteiger partial charge in [0.05, 0.1) is 0 Å². The highest BCUT2D eigenvalue weighted by atomic mass is 19.1. The lowest BCUT2D eigenvalue weighted by molar-refractivity contribution is 0.598. The van der Waals surface area contributed by atoms with Gasteiger partial charge in [-0.3, -0.25) is 0 Å². The van der Waals surface area contributed by atoms with Crippen molar-refractivity contribution in [3.8, 4) is 11.1 Å². The van der Waals surface area contributed by atoms with Crippen LogP contribution >= 0.6 is 0 Å². The van der Waals surface area contributed by atoms with Crippen molar-refractivity contribution in [2.45, 2.75) is 26.8 Å². The van der Waals surface area contributed by atoms with E-state index in [1.54, 1.807) is 12.1 Å². The molecule has 2 heteroatoms. The summed E-state index contributed by atoms with van der Waals surface area (Å²) in [5.74, 6) is -0.180. The van der Waals surface area contributed by atoms with Crippen molar-refractivity contribution in [2.75, 3.05) is 6.54 Å². The third kappa shape index (κ3) is 3.42. The normalized spacial score (nSPS) is 12.4. The van der Waals surface area contributed by atoms with Crippen LogP contribution < -0.4 is 5.32 Å². The highest BCUT2D eigenvalue weighted by Gasteiger charge is 2.06. The lowest BCUT2D eigenvalue weighted by Crippen LogP contribution is -2.17. The van der Waals surface area contributed by atoms with Crippen molar-refractivity contribution in [3.05, 3.63) is 59.4 Å². The smallest absolute Gasteiger partial charge is 0.124 e. The Balaban J connectivity index is 2.37. The van der Waals surface area contributed by atoms with Crippen molar-refractivity contribution in [3.63, 3.8) is 0 Å². The Kier molecular flexibility index (Phi) is 4.33. The molecule has 1 atom stereocenters. The van der Waals surface area contributed by atoms with Crippen LogP contribution in [-0.4, -0.2) is 6.54 Å². The molecule has 1 unspecified atom stereocenters. The quantitative estimate of drug-likeness (QED) is 0.852. The van der Waals surface area contributed by atoms with Gasteiger partial charge in [-0.2, -0.15) is 0 Å². The molecule has 0 aliphatic carbocycles. The SMILES string of the molecule is CCNC(C)c1cccc(-c2cc(C)cc(F)c2)c1. The number of hydrogen-bond donors (Lipinski definition) is 1. The second kappa shape index (κ2) is 5.98. The first kappa shape index (κ1) is 13.8. The van der Waals surface area contributed by atoms with Crippen molar-refractivity contribution in [1.29, 1.82) is 0 Å². The van der Waals surface area contributed by atoms with Crippen molar-refractivity contribution < 1.29 is 4.39 Å². The van der Waals surface area contributed by atoms with E-state index < -0.39 is 0 Å². The maximum absolute atomic E-state index is 13.5. The fourth-order valence-corrected chi connectivity index (χ4v) is 2.31. The minimum atomic E-state index is -0.180. The minimum absolute atomic E-state index is 0.180. The molecule has 0 bridgehead atoms. The Morgan fingerprint density at radius 2 is 1.89 bits per heavy atom. The van der Waals surface area contributed by atoms with Gasteiger partial charge in [0.25, 0.3) is 0 Å². The van der Waals surface area contributed by atoms with Crippen molar-refractivity contribution in [1.82, 2.24) is 5.32 Å². The van der Waals surface area contributed by atoms with Gasteiger partial charge < -0.3 is 5.32 Å². The van der Waals surface area contributed by atoms with Crippen LogP contribution in [0.15, 0.2) is 42.5 Å². The van der Waals surface area contributed by atoms with E-state index in [1.807, 2.05) is 25.1 Å². The molecule has 100 valence electrons. The van der Waals surface area contributed by atoms with E-state index in [1.165, 1.54) is 5.56 Å². The van der Waals surface area contributed by atoms with Gasteiger partial charge in [-0.25, -0.2) is 4.39 Å². The molecule has 2 rings (SSSR count). The van der Waals surface area contributed by atoms with Crippen LogP contribution in [0.3, 0.4) is 0 Å². The molecule has 1 nitrogen and oxygen atoms in total. The van der Waals surface area contributed by atoms with Gasteiger partial charge in [0.1, 0.15) is 5.82 Å². The zero-order valence-electron chi connectivity index (χ0n) is 11.7. The second-order valence-electron chi connectivity index (χ2n) is 4.92. The Labute approximate surface area is 114 Å². The first-order valence-corrected chi connectivity index (χ1v) is 6.71. The number of hydrogen-bond acceptors (Lipinski definition) is 1.